The van der Waals surface area contributed by atoms with Crippen LogP contribution in [-0.4, -0.2) is 40.3 Å². The van der Waals surface area contributed by atoms with Gasteiger partial charge in [-0.2, -0.15) is 0 Å². The number of aromatic nitrogens is 4. The maximum Gasteiger partial charge on any atom is 0.479 e. The first-order valence-electron chi connectivity index (χ1n) is 6.86. The van der Waals surface area contributed by atoms with Crippen LogP contribution in [0, 0.1) is 0 Å². The first-order valence-corrected chi connectivity index (χ1v) is 11.0. The molecule has 1 fully saturated rings. The van der Waals surface area contributed by atoms with Crippen molar-refractivity contribution in [1.82, 2.24) is 19.5 Å². The van der Waals surface area contributed by atoms with E-state index in [0.717, 1.165) is 0 Å². The van der Waals surface area contributed by atoms with E-state index in [-0.39, 0.29) is 11.9 Å². The van der Waals surface area contributed by atoms with Crippen LogP contribution < -0.4 is 5.73 Å². The molecule has 2 aromatic rings. The summed E-state index contributed by atoms with van der Waals surface area (Å²) in [4.78, 5) is 39.7. The van der Waals surface area contributed by atoms with Crippen LogP contribution in [0.15, 0.2) is 12.7 Å². The first-order chi connectivity index (χ1) is 11.1. The maximum atomic E-state index is 11.7. The molecule has 0 spiro atoms. The molecule has 1 unspecified atom stereocenters. The Labute approximate surface area is 141 Å². The molecule has 3 atom stereocenters. The summed E-state index contributed by atoms with van der Waals surface area (Å²) < 4.78 is 22.7. The highest BCUT2D eigenvalue weighted by Crippen LogP contribution is 2.59. The van der Waals surface area contributed by atoms with Crippen LogP contribution in [-0.2, 0) is 25.2 Å². The minimum atomic E-state index is -4.65. The SMILES string of the molecule is Nc1ncnc2c1ncn2[C@@H]1CC[C@@H](OP(=O)(O)OP(O)(O)=S)C1. The Morgan fingerprint density at radius 2 is 2.04 bits per heavy atom. The zero-order chi connectivity index (χ0) is 17.5. The number of phosphoric ester groups is 1. The van der Waals surface area contributed by atoms with Crippen LogP contribution >= 0.6 is 14.5 Å². The molecule has 2 aromatic heterocycles. The third kappa shape index (κ3) is 3.98. The lowest BCUT2D eigenvalue weighted by Gasteiger charge is -2.18. The number of hydrogen-bond donors (Lipinski definition) is 4. The number of nitrogens with two attached hydrogens (primary N) is 1. The highest BCUT2D eigenvalue weighted by molar-refractivity contribution is 8.08. The molecule has 11 nitrogen and oxygen atoms in total. The van der Waals surface area contributed by atoms with E-state index >= 15 is 0 Å². The summed E-state index contributed by atoms with van der Waals surface area (Å²) in [6, 6.07) is -0.0689. The van der Waals surface area contributed by atoms with Gasteiger partial charge in [-0.05, 0) is 31.1 Å². The summed E-state index contributed by atoms with van der Waals surface area (Å²) in [6.07, 6.45) is 3.82. The minimum Gasteiger partial charge on any atom is -0.382 e. The van der Waals surface area contributed by atoms with Crippen molar-refractivity contribution in [1.29, 1.82) is 0 Å². The number of nitrogens with zero attached hydrogens (tertiary/aromatic N) is 4. The summed E-state index contributed by atoms with van der Waals surface area (Å²) >= 11 is 4.18. The number of nitrogen functional groups attached to an aromatic ring is 1. The first kappa shape index (κ1) is 17.8. The summed E-state index contributed by atoms with van der Waals surface area (Å²) in [5, 5.41) is 0. The largest absolute Gasteiger partial charge is 0.479 e. The van der Waals surface area contributed by atoms with Gasteiger partial charge in [0.2, 0.25) is 0 Å². The molecule has 1 aliphatic carbocycles. The molecule has 14 heteroatoms. The highest BCUT2D eigenvalue weighted by atomic mass is 32.5. The zero-order valence-electron chi connectivity index (χ0n) is 12.2. The van der Waals surface area contributed by atoms with Crippen molar-refractivity contribution in [2.24, 2.45) is 0 Å². The van der Waals surface area contributed by atoms with Crippen LogP contribution in [0.25, 0.3) is 11.2 Å². The minimum absolute atomic E-state index is 0.0689. The van der Waals surface area contributed by atoms with Crippen molar-refractivity contribution in [2.75, 3.05) is 5.73 Å². The van der Waals surface area contributed by atoms with Crippen molar-refractivity contribution < 1.29 is 28.1 Å². The molecule has 0 amide bonds. The third-order valence-electron chi connectivity index (χ3n) is 3.63. The molecule has 0 aromatic carbocycles. The average molecular weight is 395 g/mol. The molecule has 0 saturated heterocycles. The fourth-order valence-corrected chi connectivity index (χ4v) is 5.30. The Bertz CT molecular complexity index is 855. The van der Waals surface area contributed by atoms with Gasteiger partial charge in [0, 0.05) is 6.04 Å². The predicted octanol–water partition coefficient (Wildman–Crippen LogP) is 0.845. The second kappa shape index (κ2) is 6.40. The van der Waals surface area contributed by atoms with Crippen LogP contribution in [0.5, 0.6) is 0 Å². The molecular formula is C10H15N5O6P2S. The van der Waals surface area contributed by atoms with Crippen LogP contribution in [0.4, 0.5) is 5.82 Å². The summed E-state index contributed by atoms with van der Waals surface area (Å²) in [6.45, 7) is -4.30. The van der Waals surface area contributed by atoms with Gasteiger partial charge in [0.15, 0.2) is 11.5 Å². The molecule has 1 saturated carbocycles. The number of imidazole rings is 1. The van der Waals surface area contributed by atoms with Gasteiger partial charge in [0.1, 0.15) is 11.8 Å². The summed E-state index contributed by atoms with van der Waals surface area (Å²) in [7, 11) is -4.65. The van der Waals surface area contributed by atoms with Gasteiger partial charge in [0.05, 0.1) is 12.4 Å². The Morgan fingerprint density at radius 1 is 1.29 bits per heavy atom. The second-order valence-corrected chi connectivity index (χ2v) is 9.53. The van der Waals surface area contributed by atoms with Crippen molar-refractivity contribution in [2.45, 2.75) is 31.4 Å². The lowest BCUT2D eigenvalue weighted by Crippen LogP contribution is -2.10. The maximum absolute atomic E-state index is 11.7. The highest BCUT2D eigenvalue weighted by Gasteiger charge is 2.37. The number of hydrogen-bond acceptors (Lipinski definition) is 8. The molecule has 5 N–H and O–H groups in total. The molecule has 2 heterocycles. The summed E-state index contributed by atoms with van der Waals surface area (Å²) in [5.74, 6) is 0.273. The van der Waals surface area contributed by atoms with Gasteiger partial charge in [-0.25, -0.2) is 23.8 Å². The van der Waals surface area contributed by atoms with Gasteiger partial charge in [-0.1, -0.05) is 0 Å². The number of phosphoric acid groups is 1. The number of rotatable bonds is 5. The molecule has 132 valence electrons. The monoisotopic (exact) mass is 395 g/mol. The van der Waals surface area contributed by atoms with Crippen molar-refractivity contribution in [3.63, 3.8) is 0 Å². The fraction of sp³-hybridized carbons (Fsp3) is 0.500. The lowest BCUT2D eigenvalue weighted by molar-refractivity contribution is 0.135. The topological polar surface area (TPSA) is 166 Å². The number of anilines is 1. The molecule has 1 aliphatic rings. The van der Waals surface area contributed by atoms with E-state index in [1.54, 1.807) is 6.33 Å². The van der Waals surface area contributed by atoms with Crippen molar-refractivity contribution in [3.05, 3.63) is 12.7 Å². The lowest BCUT2D eigenvalue weighted by atomic mass is 10.2. The average Bonchev–Trinajstić information content (AvgIpc) is 3.02. The second-order valence-electron chi connectivity index (χ2n) is 5.32. The van der Waals surface area contributed by atoms with Crippen LogP contribution in [0.2, 0.25) is 0 Å². The van der Waals surface area contributed by atoms with Gasteiger partial charge in [-0.15, -0.1) is 0 Å². The van der Waals surface area contributed by atoms with Gasteiger partial charge < -0.3 is 25.0 Å². The van der Waals surface area contributed by atoms with Crippen molar-refractivity contribution >= 4 is 43.3 Å². The van der Waals surface area contributed by atoms with E-state index in [2.05, 4.69) is 31.1 Å². The van der Waals surface area contributed by atoms with Crippen molar-refractivity contribution in [3.8, 4) is 0 Å². The summed E-state index contributed by atoms with van der Waals surface area (Å²) in [5.41, 5.74) is 6.80. The molecule has 0 aliphatic heterocycles. The molecular weight excluding hydrogens is 380 g/mol. The van der Waals surface area contributed by atoms with E-state index in [1.807, 2.05) is 4.57 Å². The van der Waals surface area contributed by atoms with E-state index in [0.29, 0.717) is 30.4 Å². The Hall–Kier alpha value is -0.970. The number of fused-ring (bicyclic) bond motifs is 1. The predicted molar refractivity (Wildman–Crippen MR) is 87.1 cm³/mol. The molecule has 24 heavy (non-hydrogen) atoms. The zero-order valence-corrected chi connectivity index (χ0v) is 14.8. The van der Waals surface area contributed by atoms with Gasteiger partial charge in [-0.3, -0.25) is 4.52 Å². The Morgan fingerprint density at radius 3 is 2.75 bits per heavy atom. The molecule has 3 rings (SSSR count). The molecule has 0 bridgehead atoms. The smallest absolute Gasteiger partial charge is 0.382 e. The van der Waals surface area contributed by atoms with Crippen LogP contribution in [0.3, 0.4) is 0 Å². The quantitative estimate of drug-likeness (QED) is 0.530. The standard InChI is InChI=1S/C10H15N5O6P2S/c11-9-8-10(13-4-12-9)15(5-14-8)6-1-2-7(3-6)20-22(16,17)21-23(18,19)24/h4-7H,1-3H2,(H,16,17)(H2,11,12,13)(H2,18,19,24)/t6-,7-/m1/s1. The van der Waals surface area contributed by atoms with Gasteiger partial charge >= 0.3 is 14.5 Å². The normalized spacial score (nSPS) is 24.3. The third-order valence-corrected chi connectivity index (χ3v) is 6.47. The van der Waals surface area contributed by atoms with E-state index in [9.17, 15) is 9.46 Å². The van der Waals surface area contributed by atoms with E-state index in [4.69, 9.17) is 20.0 Å². The van der Waals surface area contributed by atoms with Gasteiger partial charge in [0.25, 0.3) is 0 Å². The fourth-order valence-electron chi connectivity index (χ4n) is 2.75. The Kier molecular flexibility index (Phi) is 4.75. The Balaban J connectivity index is 1.72. The van der Waals surface area contributed by atoms with E-state index < -0.39 is 20.6 Å². The van der Waals surface area contributed by atoms with E-state index in [1.165, 1.54) is 6.33 Å². The van der Waals surface area contributed by atoms with Crippen LogP contribution in [0.1, 0.15) is 25.3 Å². The molecule has 0 radical (unpaired) electrons.